The maximum absolute atomic E-state index is 5.57. The van der Waals surface area contributed by atoms with Gasteiger partial charge >= 0.3 is 0 Å². The second-order valence-corrected chi connectivity index (χ2v) is 2.35. The van der Waals surface area contributed by atoms with Gasteiger partial charge in [0.05, 0.1) is 0 Å². The highest BCUT2D eigenvalue weighted by atomic mass is 15.5. The molecule has 0 aliphatic carbocycles. The normalized spacial score (nSPS) is 11.0. The smallest absolute Gasteiger partial charge is 0.181 e. The first-order valence-electron chi connectivity index (χ1n) is 3.15. The van der Waals surface area contributed by atoms with Crippen LogP contribution in [0.1, 0.15) is 5.82 Å². The van der Waals surface area contributed by atoms with Crippen LogP contribution < -0.4 is 11.5 Å². The highest BCUT2D eigenvalue weighted by Crippen LogP contribution is 2.17. The summed E-state index contributed by atoms with van der Waals surface area (Å²) in [7, 11) is 0. The Balaban J connectivity index is 2.88. The van der Waals surface area contributed by atoms with E-state index in [1.165, 1.54) is 4.63 Å². The molecule has 0 saturated heterocycles. The molecular formula is C5H8N6. The molecule has 0 amide bonds. The van der Waals surface area contributed by atoms with Crippen molar-refractivity contribution in [3.05, 3.63) is 5.82 Å². The van der Waals surface area contributed by atoms with Gasteiger partial charge in [0.2, 0.25) is 0 Å². The van der Waals surface area contributed by atoms with Gasteiger partial charge in [-0.1, -0.05) is 0 Å². The number of hydrogen-bond acceptors (Lipinski definition) is 4. The number of H-pyrrole nitrogens is 1. The molecule has 0 spiro atoms. The van der Waals surface area contributed by atoms with Crippen LogP contribution in [0.5, 0.6) is 0 Å². The Morgan fingerprint density at radius 2 is 2.09 bits per heavy atom. The molecule has 0 saturated carbocycles. The van der Waals surface area contributed by atoms with Crippen LogP contribution in [0.25, 0.3) is 5.65 Å². The van der Waals surface area contributed by atoms with E-state index in [1.54, 1.807) is 0 Å². The number of fused-ring (bicyclic) bond motifs is 1. The SMILES string of the molecule is Cc1nn2nc(N)c(N)c2[nH]1. The summed E-state index contributed by atoms with van der Waals surface area (Å²) in [6.07, 6.45) is 0. The van der Waals surface area contributed by atoms with Gasteiger partial charge in [0.1, 0.15) is 11.5 Å². The number of aromatic amines is 1. The lowest BCUT2D eigenvalue weighted by Crippen LogP contribution is -1.93. The van der Waals surface area contributed by atoms with Gasteiger partial charge in [0, 0.05) is 0 Å². The average molecular weight is 152 g/mol. The largest absolute Gasteiger partial charge is 0.393 e. The second-order valence-electron chi connectivity index (χ2n) is 2.35. The quantitative estimate of drug-likeness (QED) is 0.475. The minimum absolute atomic E-state index is 0.309. The molecule has 11 heavy (non-hydrogen) atoms. The standard InChI is InChI=1S/C5H8N6/c1-2-8-5-3(6)4(7)10-11(5)9-2/h6H2,1H3,(H2,7,10)(H,8,9). The lowest BCUT2D eigenvalue weighted by molar-refractivity contribution is 0.811. The molecule has 0 radical (unpaired) electrons. The number of nitrogens with two attached hydrogens (primary N) is 2. The summed E-state index contributed by atoms with van der Waals surface area (Å²) in [6, 6.07) is 0. The van der Waals surface area contributed by atoms with Crippen molar-refractivity contribution in [3.63, 3.8) is 0 Å². The zero-order valence-corrected chi connectivity index (χ0v) is 6.00. The van der Waals surface area contributed by atoms with Gasteiger partial charge in [-0.3, -0.25) is 0 Å². The fraction of sp³-hybridized carbons (Fsp3) is 0.200. The molecular weight excluding hydrogens is 144 g/mol. The number of nitrogen functional groups attached to an aromatic ring is 2. The third-order valence-electron chi connectivity index (χ3n) is 1.48. The van der Waals surface area contributed by atoms with Crippen LogP contribution in [0.4, 0.5) is 11.5 Å². The van der Waals surface area contributed by atoms with E-state index in [9.17, 15) is 0 Å². The van der Waals surface area contributed by atoms with Crippen LogP contribution in [-0.2, 0) is 0 Å². The predicted molar refractivity (Wildman–Crippen MR) is 40.9 cm³/mol. The Kier molecular flexibility index (Phi) is 0.906. The molecule has 2 aromatic heterocycles. The maximum atomic E-state index is 5.57. The zero-order valence-electron chi connectivity index (χ0n) is 6.00. The Morgan fingerprint density at radius 1 is 1.36 bits per heavy atom. The van der Waals surface area contributed by atoms with Crippen LogP contribution in [0, 0.1) is 6.92 Å². The van der Waals surface area contributed by atoms with Crippen LogP contribution in [0.2, 0.25) is 0 Å². The van der Waals surface area contributed by atoms with Gasteiger partial charge < -0.3 is 16.5 Å². The Bertz CT molecular complexity index is 396. The van der Waals surface area contributed by atoms with Crippen LogP contribution in [0.15, 0.2) is 0 Å². The van der Waals surface area contributed by atoms with Gasteiger partial charge in [-0.25, -0.2) is 0 Å². The third-order valence-corrected chi connectivity index (χ3v) is 1.48. The van der Waals surface area contributed by atoms with Crippen molar-refractivity contribution in [2.24, 2.45) is 0 Å². The van der Waals surface area contributed by atoms with E-state index in [-0.39, 0.29) is 0 Å². The van der Waals surface area contributed by atoms with Gasteiger partial charge in [0.25, 0.3) is 0 Å². The molecule has 0 fully saturated rings. The van der Waals surface area contributed by atoms with Crippen molar-refractivity contribution < 1.29 is 0 Å². The number of rotatable bonds is 0. The summed E-state index contributed by atoms with van der Waals surface area (Å²) in [5, 5.41) is 7.85. The summed E-state index contributed by atoms with van der Waals surface area (Å²) >= 11 is 0. The minimum Gasteiger partial charge on any atom is -0.393 e. The number of nitrogens with one attached hydrogen (secondary N) is 1. The average Bonchev–Trinajstić information content (AvgIpc) is 2.37. The fourth-order valence-electron chi connectivity index (χ4n) is 0.963. The number of aryl methyl sites for hydroxylation is 1. The molecule has 2 heterocycles. The van der Waals surface area contributed by atoms with E-state index in [0.717, 1.165) is 5.82 Å². The summed E-state index contributed by atoms with van der Waals surface area (Å²) < 4.78 is 1.39. The van der Waals surface area contributed by atoms with Crippen LogP contribution in [0.3, 0.4) is 0 Å². The molecule has 2 rings (SSSR count). The van der Waals surface area contributed by atoms with Crippen molar-refractivity contribution in [1.29, 1.82) is 0 Å². The number of aromatic nitrogens is 4. The number of anilines is 2. The summed E-state index contributed by atoms with van der Waals surface area (Å²) in [6.45, 7) is 1.82. The zero-order chi connectivity index (χ0) is 8.01. The first-order valence-corrected chi connectivity index (χ1v) is 3.15. The first kappa shape index (κ1) is 6.02. The highest BCUT2D eigenvalue weighted by Gasteiger charge is 2.08. The molecule has 0 unspecified atom stereocenters. The molecule has 6 nitrogen and oxygen atoms in total. The van der Waals surface area contributed by atoms with Crippen molar-refractivity contribution in [3.8, 4) is 0 Å². The van der Waals surface area contributed by atoms with Gasteiger partial charge in [-0.05, 0) is 6.92 Å². The molecule has 0 aliphatic heterocycles. The Morgan fingerprint density at radius 3 is 2.73 bits per heavy atom. The van der Waals surface area contributed by atoms with Crippen LogP contribution in [-0.4, -0.2) is 19.8 Å². The van der Waals surface area contributed by atoms with Gasteiger partial charge in [-0.2, -0.15) is 0 Å². The van der Waals surface area contributed by atoms with Gasteiger partial charge in [-0.15, -0.1) is 14.8 Å². The number of hydrogen-bond donors (Lipinski definition) is 3. The maximum Gasteiger partial charge on any atom is 0.181 e. The molecule has 5 N–H and O–H groups in total. The summed E-state index contributed by atoms with van der Waals surface area (Å²) in [5.41, 5.74) is 12.1. The first-order chi connectivity index (χ1) is 5.18. The fourth-order valence-corrected chi connectivity index (χ4v) is 0.963. The lowest BCUT2D eigenvalue weighted by atomic mass is 10.5. The highest BCUT2D eigenvalue weighted by molar-refractivity contribution is 5.75. The predicted octanol–water partition coefficient (Wildman–Crippen LogP) is -0.470. The van der Waals surface area contributed by atoms with E-state index in [1.807, 2.05) is 6.92 Å². The van der Waals surface area contributed by atoms with Gasteiger partial charge in [0.15, 0.2) is 11.5 Å². The molecule has 0 bridgehead atoms. The monoisotopic (exact) mass is 152 g/mol. The lowest BCUT2D eigenvalue weighted by Gasteiger charge is -1.83. The van der Waals surface area contributed by atoms with Crippen molar-refractivity contribution in [2.75, 3.05) is 11.5 Å². The molecule has 6 heteroatoms. The van der Waals surface area contributed by atoms with E-state index in [0.29, 0.717) is 17.2 Å². The molecule has 0 aromatic carbocycles. The Hall–Kier alpha value is -1.72. The van der Waals surface area contributed by atoms with E-state index >= 15 is 0 Å². The topological polar surface area (TPSA) is 98.0 Å². The Labute approximate surface area is 62.2 Å². The van der Waals surface area contributed by atoms with E-state index in [2.05, 4.69) is 15.2 Å². The molecule has 58 valence electrons. The minimum atomic E-state index is 0.309. The van der Waals surface area contributed by atoms with Crippen molar-refractivity contribution in [1.82, 2.24) is 19.8 Å². The summed E-state index contributed by atoms with van der Waals surface area (Å²) in [4.78, 5) is 2.93. The second kappa shape index (κ2) is 1.66. The van der Waals surface area contributed by atoms with Crippen molar-refractivity contribution in [2.45, 2.75) is 6.92 Å². The number of nitrogens with zero attached hydrogens (tertiary/aromatic N) is 3. The third kappa shape index (κ3) is 0.658. The summed E-state index contributed by atoms with van der Waals surface area (Å²) in [5.74, 6) is 1.07. The molecule has 0 atom stereocenters. The van der Waals surface area contributed by atoms with E-state index < -0.39 is 0 Å². The molecule has 2 aromatic rings. The van der Waals surface area contributed by atoms with Crippen molar-refractivity contribution >= 4 is 17.2 Å². The molecule has 0 aliphatic rings. The van der Waals surface area contributed by atoms with E-state index in [4.69, 9.17) is 11.5 Å². The van der Waals surface area contributed by atoms with Crippen LogP contribution >= 0.6 is 0 Å².